The summed E-state index contributed by atoms with van der Waals surface area (Å²) in [5.41, 5.74) is 1.55. The van der Waals surface area contributed by atoms with E-state index in [2.05, 4.69) is 15.3 Å². The van der Waals surface area contributed by atoms with E-state index < -0.39 is 0 Å². The van der Waals surface area contributed by atoms with E-state index in [-0.39, 0.29) is 23.1 Å². The maximum atomic E-state index is 12.8. The van der Waals surface area contributed by atoms with Crippen molar-refractivity contribution in [1.29, 1.82) is 0 Å². The van der Waals surface area contributed by atoms with Gasteiger partial charge in [0, 0.05) is 37.7 Å². The number of nitrogens with one attached hydrogen (secondary N) is 2. The Morgan fingerprint density at radius 1 is 1.36 bits per heavy atom. The van der Waals surface area contributed by atoms with Crippen LogP contribution in [-0.4, -0.2) is 40.4 Å². The van der Waals surface area contributed by atoms with E-state index in [4.69, 9.17) is 0 Å². The highest BCUT2D eigenvalue weighted by molar-refractivity contribution is 5.94. The van der Waals surface area contributed by atoms with Crippen LogP contribution in [0, 0.1) is 6.92 Å². The first-order valence-electron chi connectivity index (χ1n) is 7.28. The lowest BCUT2D eigenvalue weighted by Crippen LogP contribution is -2.49. The molecule has 1 atom stereocenters. The monoisotopic (exact) mass is 298 g/mol. The number of aromatic amines is 1. The molecule has 1 aliphatic heterocycles. The molecule has 6 heteroatoms. The Hall–Kier alpha value is -2.47. The average Bonchev–Trinajstić information content (AvgIpc) is 2.55. The zero-order chi connectivity index (χ0) is 15.5. The van der Waals surface area contributed by atoms with Crippen molar-refractivity contribution in [2.24, 2.45) is 0 Å². The van der Waals surface area contributed by atoms with Crippen molar-refractivity contribution in [1.82, 2.24) is 20.2 Å². The van der Waals surface area contributed by atoms with Gasteiger partial charge >= 0.3 is 0 Å². The molecule has 1 saturated heterocycles. The lowest BCUT2D eigenvalue weighted by atomic mass is 10.0. The van der Waals surface area contributed by atoms with Gasteiger partial charge in [-0.3, -0.25) is 14.6 Å². The van der Waals surface area contributed by atoms with Crippen molar-refractivity contribution in [3.05, 3.63) is 63.8 Å². The van der Waals surface area contributed by atoms with Crippen molar-refractivity contribution in [2.75, 3.05) is 19.6 Å². The molecular formula is C16H18N4O2. The highest BCUT2D eigenvalue weighted by Gasteiger charge is 2.29. The second kappa shape index (κ2) is 6.11. The van der Waals surface area contributed by atoms with Crippen molar-refractivity contribution in [2.45, 2.75) is 13.0 Å². The average molecular weight is 298 g/mol. The fourth-order valence-electron chi connectivity index (χ4n) is 2.71. The summed E-state index contributed by atoms with van der Waals surface area (Å²) < 4.78 is 0. The SMILES string of the molecule is Cc1ccc(C(=O)N2CCNCC2c2cccnc2)c(=O)[nH]1. The first-order valence-corrected chi connectivity index (χ1v) is 7.28. The summed E-state index contributed by atoms with van der Waals surface area (Å²) in [6, 6.07) is 7.03. The van der Waals surface area contributed by atoms with E-state index in [9.17, 15) is 9.59 Å². The smallest absolute Gasteiger partial charge is 0.260 e. The van der Waals surface area contributed by atoms with E-state index >= 15 is 0 Å². The summed E-state index contributed by atoms with van der Waals surface area (Å²) in [4.78, 5) is 33.4. The van der Waals surface area contributed by atoms with Crippen LogP contribution in [0.2, 0.25) is 0 Å². The van der Waals surface area contributed by atoms with Crippen LogP contribution in [0.25, 0.3) is 0 Å². The molecule has 1 aliphatic rings. The van der Waals surface area contributed by atoms with Gasteiger partial charge in [0.25, 0.3) is 11.5 Å². The molecular weight excluding hydrogens is 280 g/mol. The van der Waals surface area contributed by atoms with Gasteiger partial charge in [-0.15, -0.1) is 0 Å². The van der Waals surface area contributed by atoms with Crippen LogP contribution in [0.5, 0.6) is 0 Å². The number of carbonyl (C=O) groups is 1. The van der Waals surface area contributed by atoms with E-state index in [1.54, 1.807) is 36.4 Å². The molecule has 0 saturated carbocycles. The van der Waals surface area contributed by atoms with E-state index in [0.717, 1.165) is 11.3 Å². The van der Waals surface area contributed by atoms with Gasteiger partial charge in [0.15, 0.2) is 0 Å². The Labute approximate surface area is 128 Å². The maximum absolute atomic E-state index is 12.8. The Morgan fingerprint density at radius 2 is 2.23 bits per heavy atom. The molecule has 1 amide bonds. The molecule has 3 heterocycles. The third-order valence-electron chi connectivity index (χ3n) is 3.86. The standard InChI is InChI=1S/C16H18N4O2/c1-11-4-5-13(15(21)19-11)16(22)20-8-7-18-10-14(20)12-3-2-6-17-9-12/h2-6,9,14,18H,7-8,10H2,1H3,(H,19,21). The normalized spacial score (nSPS) is 18.2. The highest BCUT2D eigenvalue weighted by Crippen LogP contribution is 2.22. The molecule has 0 aromatic carbocycles. The second-order valence-corrected chi connectivity index (χ2v) is 5.39. The van der Waals surface area contributed by atoms with Crippen LogP contribution < -0.4 is 10.9 Å². The van der Waals surface area contributed by atoms with Gasteiger partial charge in [0.2, 0.25) is 0 Å². The molecule has 1 fully saturated rings. The lowest BCUT2D eigenvalue weighted by Gasteiger charge is -2.36. The van der Waals surface area contributed by atoms with Crippen molar-refractivity contribution < 1.29 is 4.79 Å². The predicted octanol–water partition coefficient (Wildman–Crippen LogP) is 0.865. The Kier molecular flexibility index (Phi) is 4.02. The Morgan fingerprint density at radius 3 is 2.95 bits per heavy atom. The number of aryl methyl sites for hydroxylation is 1. The minimum Gasteiger partial charge on any atom is -0.329 e. The molecule has 2 aromatic rings. The van der Waals surface area contributed by atoms with Crippen molar-refractivity contribution in [3.8, 4) is 0 Å². The van der Waals surface area contributed by atoms with Gasteiger partial charge < -0.3 is 15.2 Å². The Bertz CT molecular complexity index is 726. The first-order chi connectivity index (χ1) is 10.7. The number of pyridine rings is 2. The van der Waals surface area contributed by atoms with E-state index in [1.165, 1.54) is 0 Å². The number of amides is 1. The molecule has 2 aromatic heterocycles. The van der Waals surface area contributed by atoms with Gasteiger partial charge in [-0.1, -0.05) is 6.07 Å². The summed E-state index contributed by atoms with van der Waals surface area (Å²) >= 11 is 0. The number of hydrogen-bond donors (Lipinski definition) is 2. The van der Waals surface area contributed by atoms with Crippen molar-refractivity contribution in [3.63, 3.8) is 0 Å². The van der Waals surface area contributed by atoms with Crippen LogP contribution in [0.15, 0.2) is 41.5 Å². The van der Waals surface area contributed by atoms with Gasteiger partial charge in [-0.2, -0.15) is 0 Å². The molecule has 0 aliphatic carbocycles. The molecule has 6 nitrogen and oxygen atoms in total. The molecule has 1 unspecified atom stereocenters. The number of piperazine rings is 1. The van der Waals surface area contributed by atoms with Crippen molar-refractivity contribution >= 4 is 5.91 Å². The molecule has 2 N–H and O–H groups in total. The largest absolute Gasteiger partial charge is 0.329 e. The lowest BCUT2D eigenvalue weighted by molar-refractivity contribution is 0.0632. The van der Waals surface area contributed by atoms with Crippen LogP contribution in [0.3, 0.4) is 0 Å². The number of carbonyl (C=O) groups excluding carboxylic acids is 1. The van der Waals surface area contributed by atoms with Crippen LogP contribution in [-0.2, 0) is 0 Å². The summed E-state index contributed by atoms with van der Waals surface area (Å²) in [7, 11) is 0. The topological polar surface area (TPSA) is 78.1 Å². The zero-order valence-corrected chi connectivity index (χ0v) is 12.4. The van der Waals surface area contributed by atoms with E-state index in [1.807, 2.05) is 12.1 Å². The highest BCUT2D eigenvalue weighted by atomic mass is 16.2. The zero-order valence-electron chi connectivity index (χ0n) is 12.4. The number of hydrogen-bond acceptors (Lipinski definition) is 4. The van der Waals surface area contributed by atoms with Crippen LogP contribution >= 0.6 is 0 Å². The van der Waals surface area contributed by atoms with Gasteiger partial charge in [0.1, 0.15) is 5.56 Å². The summed E-state index contributed by atoms with van der Waals surface area (Å²) in [6.45, 7) is 3.72. The third-order valence-corrected chi connectivity index (χ3v) is 3.86. The summed E-state index contributed by atoms with van der Waals surface area (Å²) in [5.74, 6) is -0.239. The van der Waals surface area contributed by atoms with Gasteiger partial charge in [-0.05, 0) is 30.7 Å². The van der Waals surface area contributed by atoms with Crippen LogP contribution in [0.4, 0.5) is 0 Å². The quantitative estimate of drug-likeness (QED) is 0.862. The summed E-state index contributed by atoms with van der Waals surface area (Å²) in [5, 5.41) is 3.29. The first kappa shape index (κ1) is 14.5. The van der Waals surface area contributed by atoms with Gasteiger partial charge in [-0.25, -0.2) is 0 Å². The minimum atomic E-state index is -0.339. The fourth-order valence-corrected chi connectivity index (χ4v) is 2.71. The number of nitrogens with zero attached hydrogens (tertiary/aromatic N) is 2. The minimum absolute atomic E-state index is 0.115. The molecule has 114 valence electrons. The predicted molar refractivity (Wildman–Crippen MR) is 82.7 cm³/mol. The Balaban J connectivity index is 1.93. The third kappa shape index (κ3) is 2.78. The molecule has 22 heavy (non-hydrogen) atoms. The number of rotatable bonds is 2. The van der Waals surface area contributed by atoms with Gasteiger partial charge in [0.05, 0.1) is 6.04 Å². The fraction of sp³-hybridized carbons (Fsp3) is 0.312. The molecule has 0 bridgehead atoms. The molecule has 0 spiro atoms. The van der Waals surface area contributed by atoms with Crippen LogP contribution in [0.1, 0.15) is 27.7 Å². The van der Waals surface area contributed by atoms with E-state index in [0.29, 0.717) is 19.6 Å². The summed E-state index contributed by atoms with van der Waals surface area (Å²) in [6.07, 6.45) is 3.47. The number of H-pyrrole nitrogens is 1. The number of aromatic nitrogens is 2. The molecule has 3 rings (SSSR count). The molecule has 0 radical (unpaired) electrons. The maximum Gasteiger partial charge on any atom is 0.260 e. The second-order valence-electron chi connectivity index (χ2n) is 5.39.